The maximum atomic E-state index is 13.0. The summed E-state index contributed by atoms with van der Waals surface area (Å²) in [6.45, 7) is 4.28. The Labute approximate surface area is 216 Å². The van der Waals surface area contributed by atoms with Gasteiger partial charge in [-0.3, -0.25) is 14.4 Å². The van der Waals surface area contributed by atoms with Gasteiger partial charge in [-0.2, -0.15) is 5.10 Å². The number of halogens is 2. The van der Waals surface area contributed by atoms with Crippen molar-refractivity contribution >= 4 is 45.6 Å². The van der Waals surface area contributed by atoms with E-state index in [9.17, 15) is 18.8 Å². The van der Waals surface area contributed by atoms with Crippen LogP contribution in [0.4, 0.5) is 10.1 Å². The number of methoxy groups -OCH3 is 1. The average Bonchev–Trinajstić information content (AvgIpc) is 2.83. The number of anilines is 1. The van der Waals surface area contributed by atoms with Crippen molar-refractivity contribution in [1.82, 2.24) is 10.7 Å². The van der Waals surface area contributed by atoms with Crippen LogP contribution in [0.3, 0.4) is 0 Å². The smallest absolute Gasteiger partial charge is 0.329 e. The van der Waals surface area contributed by atoms with Crippen LogP contribution < -0.4 is 25.5 Å². The topological polar surface area (TPSA) is 127 Å². The highest BCUT2D eigenvalue weighted by Crippen LogP contribution is 2.36. The molecule has 0 aliphatic heterocycles. The first kappa shape index (κ1) is 28.7. The SMILES string of the molecule is COc1cc(/C=N\NC(=O)C(=O)NCCCOC(C)C)cc(Br)c1OCC(=O)Nc1ccc(F)cc1. The first-order valence-corrected chi connectivity index (χ1v) is 11.8. The number of nitrogens with zero attached hydrogens (tertiary/aromatic N) is 1. The zero-order valence-corrected chi connectivity index (χ0v) is 21.7. The fourth-order valence-corrected chi connectivity index (χ4v) is 3.29. The first-order valence-electron chi connectivity index (χ1n) is 11.0. The Hall–Kier alpha value is -3.51. The number of rotatable bonds is 12. The van der Waals surface area contributed by atoms with Crippen molar-refractivity contribution in [2.24, 2.45) is 5.10 Å². The van der Waals surface area contributed by atoms with E-state index in [1.807, 2.05) is 13.8 Å². The van der Waals surface area contributed by atoms with Gasteiger partial charge >= 0.3 is 11.8 Å². The molecular weight excluding hydrogens is 539 g/mol. The van der Waals surface area contributed by atoms with E-state index in [1.54, 1.807) is 12.1 Å². The molecule has 0 radical (unpaired) electrons. The molecule has 3 amide bonds. The van der Waals surface area contributed by atoms with Gasteiger partial charge in [-0.05, 0) is 78.2 Å². The Bertz CT molecular complexity index is 1080. The average molecular weight is 567 g/mol. The molecule has 2 aromatic carbocycles. The molecule has 2 rings (SSSR count). The fraction of sp³-hybridized carbons (Fsp3) is 0.333. The normalized spacial score (nSPS) is 10.8. The minimum absolute atomic E-state index is 0.102. The molecule has 0 saturated carbocycles. The summed E-state index contributed by atoms with van der Waals surface area (Å²) in [4.78, 5) is 35.8. The molecule has 0 aliphatic rings. The van der Waals surface area contributed by atoms with Gasteiger partial charge in [-0.1, -0.05) is 0 Å². The summed E-state index contributed by atoms with van der Waals surface area (Å²) in [6, 6.07) is 8.53. The van der Waals surface area contributed by atoms with E-state index < -0.39 is 23.5 Å². The largest absolute Gasteiger partial charge is 0.493 e. The molecule has 0 spiro atoms. The van der Waals surface area contributed by atoms with Crippen molar-refractivity contribution in [2.75, 3.05) is 32.2 Å². The summed E-state index contributed by atoms with van der Waals surface area (Å²) >= 11 is 3.36. The lowest BCUT2D eigenvalue weighted by Gasteiger charge is -2.13. The van der Waals surface area contributed by atoms with Crippen LogP contribution >= 0.6 is 15.9 Å². The quantitative estimate of drug-likeness (QED) is 0.157. The van der Waals surface area contributed by atoms with Gasteiger partial charge in [0.25, 0.3) is 5.91 Å². The van der Waals surface area contributed by atoms with E-state index in [4.69, 9.17) is 14.2 Å². The third-order valence-electron chi connectivity index (χ3n) is 4.37. The van der Waals surface area contributed by atoms with Crippen LogP contribution in [0.25, 0.3) is 0 Å². The maximum absolute atomic E-state index is 13.0. The van der Waals surface area contributed by atoms with Gasteiger partial charge in [0.05, 0.1) is 23.9 Å². The van der Waals surface area contributed by atoms with E-state index in [2.05, 4.69) is 37.1 Å². The number of hydrogen-bond donors (Lipinski definition) is 3. The van der Waals surface area contributed by atoms with Crippen LogP contribution in [0.5, 0.6) is 11.5 Å². The zero-order chi connectivity index (χ0) is 26.5. The van der Waals surface area contributed by atoms with Crippen LogP contribution in [-0.2, 0) is 19.1 Å². The summed E-state index contributed by atoms with van der Waals surface area (Å²) in [7, 11) is 1.42. The molecule has 0 aromatic heterocycles. The Morgan fingerprint density at radius 1 is 1.14 bits per heavy atom. The van der Waals surface area contributed by atoms with Gasteiger partial charge in [-0.25, -0.2) is 9.82 Å². The van der Waals surface area contributed by atoms with Crippen LogP contribution in [0, 0.1) is 5.82 Å². The predicted octanol–water partition coefficient (Wildman–Crippen LogP) is 3.00. The predicted molar refractivity (Wildman–Crippen MR) is 136 cm³/mol. The highest BCUT2D eigenvalue weighted by molar-refractivity contribution is 9.10. The first-order chi connectivity index (χ1) is 17.2. The highest BCUT2D eigenvalue weighted by atomic mass is 79.9. The number of ether oxygens (including phenoxy) is 3. The lowest BCUT2D eigenvalue weighted by Crippen LogP contribution is -2.38. The Kier molecular flexibility index (Phi) is 11.8. The van der Waals surface area contributed by atoms with Gasteiger partial charge in [0, 0.05) is 18.8 Å². The molecular formula is C24H28BrFN4O6. The Morgan fingerprint density at radius 3 is 2.53 bits per heavy atom. The van der Waals surface area contributed by atoms with Crippen molar-refractivity contribution in [3.8, 4) is 11.5 Å². The molecule has 2 aromatic rings. The number of carbonyl (C=O) groups is 3. The van der Waals surface area contributed by atoms with E-state index in [1.165, 1.54) is 37.6 Å². The molecule has 0 unspecified atom stereocenters. The molecule has 0 atom stereocenters. The molecule has 194 valence electrons. The molecule has 12 heteroatoms. The second-order valence-corrected chi connectivity index (χ2v) is 8.46. The second kappa shape index (κ2) is 14.8. The Balaban J connectivity index is 1.87. The van der Waals surface area contributed by atoms with Crippen molar-refractivity contribution in [2.45, 2.75) is 26.4 Å². The highest BCUT2D eigenvalue weighted by Gasteiger charge is 2.14. The Morgan fingerprint density at radius 2 is 1.86 bits per heavy atom. The third-order valence-corrected chi connectivity index (χ3v) is 4.96. The monoisotopic (exact) mass is 566 g/mol. The fourth-order valence-electron chi connectivity index (χ4n) is 2.71. The van der Waals surface area contributed by atoms with Gasteiger partial charge in [-0.15, -0.1) is 0 Å². The molecule has 36 heavy (non-hydrogen) atoms. The molecule has 0 aliphatic carbocycles. The van der Waals surface area contributed by atoms with Crippen LogP contribution in [0.15, 0.2) is 46.0 Å². The number of nitrogens with one attached hydrogen (secondary N) is 3. The van der Waals surface area contributed by atoms with Gasteiger partial charge < -0.3 is 24.8 Å². The zero-order valence-electron chi connectivity index (χ0n) is 20.1. The van der Waals surface area contributed by atoms with Crippen LogP contribution in [0.2, 0.25) is 0 Å². The third kappa shape index (κ3) is 10.0. The molecule has 10 nitrogen and oxygen atoms in total. The number of hydrogen-bond acceptors (Lipinski definition) is 7. The molecule has 3 N–H and O–H groups in total. The number of hydrazone groups is 1. The van der Waals surface area contributed by atoms with E-state index >= 15 is 0 Å². The van der Waals surface area contributed by atoms with Gasteiger partial charge in [0.15, 0.2) is 18.1 Å². The second-order valence-electron chi connectivity index (χ2n) is 7.61. The van der Waals surface area contributed by atoms with E-state index in [-0.39, 0.29) is 18.5 Å². The van der Waals surface area contributed by atoms with Crippen LogP contribution in [-0.4, -0.2) is 56.9 Å². The van der Waals surface area contributed by atoms with Crippen molar-refractivity contribution in [3.63, 3.8) is 0 Å². The molecule has 0 saturated heterocycles. The van der Waals surface area contributed by atoms with Crippen molar-refractivity contribution in [3.05, 3.63) is 52.3 Å². The molecule has 0 bridgehead atoms. The van der Waals surface area contributed by atoms with Crippen molar-refractivity contribution in [1.29, 1.82) is 0 Å². The summed E-state index contributed by atoms with van der Waals surface area (Å²) in [5.41, 5.74) is 3.10. The van der Waals surface area contributed by atoms with E-state index in [0.29, 0.717) is 41.0 Å². The summed E-state index contributed by atoms with van der Waals surface area (Å²) in [5, 5.41) is 8.86. The summed E-state index contributed by atoms with van der Waals surface area (Å²) in [6.07, 6.45) is 2.00. The lowest BCUT2D eigenvalue weighted by molar-refractivity contribution is -0.139. The standard InChI is InChI=1S/C24H28BrFN4O6/c1-15(2)35-10-4-9-27-23(32)24(33)30-28-13-16-11-19(25)22(20(12-16)34-3)36-14-21(31)29-18-7-5-17(26)6-8-18/h5-8,11-13,15H,4,9-10,14H2,1-3H3,(H,27,32)(H,29,31)(H,30,33)/b28-13-. The van der Waals surface area contributed by atoms with E-state index in [0.717, 1.165) is 0 Å². The number of carbonyl (C=O) groups excluding carboxylic acids is 3. The summed E-state index contributed by atoms with van der Waals surface area (Å²) < 4.78 is 29.7. The lowest BCUT2D eigenvalue weighted by atomic mass is 10.2. The van der Waals surface area contributed by atoms with Crippen LogP contribution in [0.1, 0.15) is 25.8 Å². The number of amides is 3. The summed E-state index contributed by atoms with van der Waals surface area (Å²) in [5.74, 6) is -2.00. The van der Waals surface area contributed by atoms with Gasteiger partial charge in [0.1, 0.15) is 5.82 Å². The molecule has 0 fully saturated rings. The maximum Gasteiger partial charge on any atom is 0.329 e. The van der Waals surface area contributed by atoms with Crippen molar-refractivity contribution < 1.29 is 33.0 Å². The minimum Gasteiger partial charge on any atom is -0.493 e. The minimum atomic E-state index is -0.908. The molecule has 0 heterocycles. The van der Waals surface area contributed by atoms with Gasteiger partial charge in [0.2, 0.25) is 0 Å². The number of benzene rings is 2.